The van der Waals surface area contributed by atoms with Gasteiger partial charge < -0.3 is 28.8 Å². The molecule has 2 saturated carbocycles. The number of carbonyl (C=O) groups is 2. The highest BCUT2D eigenvalue weighted by Crippen LogP contribution is 2.60. The second kappa shape index (κ2) is 10.1. The predicted octanol–water partition coefficient (Wildman–Crippen LogP) is 5.35. The topological polar surface area (TPSA) is 104 Å². The van der Waals surface area contributed by atoms with E-state index >= 15 is 0 Å². The Labute approximate surface area is 259 Å². The smallest absolute Gasteiger partial charge is 0.254 e. The fraction of sp³-hybridized carbons (Fsp3) is 0.371. The van der Waals surface area contributed by atoms with Gasteiger partial charge in [0.05, 0.1) is 30.6 Å². The van der Waals surface area contributed by atoms with Gasteiger partial charge in [0.2, 0.25) is 5.91 Å². The molecular formula is C35H34N6O4. The van der Waals surface area contributed by atoms with Gasteiger partial charge in [-0.05, 0) is 79.5 Å². The lowest BCUT2D eigenvalue weighted by Crippen LogP contribution is -2.53. The summed E-state index contributed by atoms with van der Waals surface area (Å²) in [4.78, 5) is 39.2. The van der Waals surface area contributed by atoms with Crippen LogP contribution in [0.2, 0.25) is 0 Å². The standard InChI is InChI=1S/C35H34N6O4/c1-44-29-18-22(35(43)41-19-23-14-21-17-26(41)31(21)23)15-25-32(29)40-12-9-30(42)37-24-7-2-3-8-28(24)45-13-5-11-39-27(34(40)38-25)16-20-6-4-10-36-33(20)39/h2-4,6-8,10,15-16,18,21,23,26,31H,5,9,11-14,17,19H2,1H3,(H,37,42)/t21?,23-,26-,31-/m1/s1. The van der Waals surface area contributed by atoms with Crippen molar-refractivity contribution < 1.29 is 19.1 Å². The number of hydrogen-bond acceptors (Lipinski definition) is 6. The number of hydrogen-bond donors (Lipinski definition) is 1. The van der Waals surface area contributed by atoms with Crippen LogP contribution in [0.3, 0.4) is 0 Å². The van der Waals surface area contributed by atoms with Crippen LogP contribution in [0.15, 0.2) is 60.8 Å². The SMILES string of the molecule is COc1cc(C(=O)N2C[C@H]3CC4C[C@@H]2[C@H]43)cc2nc3n(c12)CCC(=O)Nc1ccccc1OCCCn1c-3cc2cccnc21. The van der Waals surface area contributed by atoms with Crippen molar-refractivity contribution in [1.82, 2.24) is 24.0 Å². The molecule has 10 heteroatoms. The number of carbonyl (C=O) groups excluding carboxylic acids is 2. The molecule has 2 aliphatic heterocycles. The molecule has 1 unspecified atom stereocenters. The summed E-state index contributed by atoms with van der Waals surface area (Å²) in [5.41, 5.74) is 4.44. The Morgan fingerprint density at radius 1 is 1.04 bits per heavy atom. The van der Waals surface area contributed by atoms with E-state index in [-0.39, 0.29) is 18.2 Å². The molecule has 0 bridgehead atoms. The number of anilines is 1. The normalized spacial score (nSPS) is 23.8. The molecule has 10 nitrogen and oxygen atoms in total. The summed E-state index contributed by atoms with van der Waals surface area (Å²) in [6.07, 6.45) is 5.11. The van der Waals surface area contributed by atoms with Crippen LogP contribution in [0.5, 0.6) is 11.5 Å². The highest BCUT2D eigenvalue weighted by Gasteiger charge is 2.61. The first-order valence-corrected chi connectivity index (χ1v) is 15.9. The maximum absolute atomic E-state index is 13.9. The molecule has 2 aromatic carbocycles. The van der Waals surface area contributed by atoms with Gasteiger partial charge in [-0.2, -0.15) is 0 Å². The first-order valence-electron chi connectivity index (χ1n) is 15.9. The molecular weight excluding hydrogens is 568 g/mol. The van der Waals surface area contributed by atoms with E-state index in [2.05, 4.69) is 31.5 Å². The summed E-state index contributed by atoms with van der Waals surface area (Å²) < 4.78 is 16.3. The van der Waals surface area contributed by atoms with Crippen LogP contribution < -0.4 is 14.8 Å². The summed E-state index contributed by atoms with van der Waals surface area (Å²) in [5.74, 6) is 4.02. The van der Waals surface area contributed by atoms with Crippen LogP contribution in [-0.4, -0.2) is 62.1 Å². The van der Waals surface area contributed by atoms with Crippen molar-refractivity contribution in [2.24, 2.45) is 17.8 Å². The average molecular weight is 603 g/mol. The van der Waals surface area contributed by atoms with E-state index < -0.39 is 0 Å². The number of ether oxygens (including phenoxy) is 2. The fourth-order valence-electron chi connectivity index (χ4n) is 8.31. The van der Waals surface area contributed by atoms with Crippen molar-refractivity contribution in [3.8, 4) is 23.0 Å². The summed E-state index contributed by atoms with van der Waals surface area (Å²) in [7, 11) is 1.63. The third-order valence-electron chi connectivity index (χ3n) is 10.4. The first-order chi connectivity index (χ1) is 22.1. The lowest BCUT2D eigenvalue weighted by Gasteiger charge is -2.52. The molecule has 1 N–H and O–H groups in total. The highest BCUT2D eigenvalue weighted by molar-refractivity contribution is 6.01. The molecule has 0 radical (unpaired) electrons. The molecule has 9 rings (SSSR count). The van der Waals surface area contributed by atoms with E-state index in [1.165, 1.54) is 6.42 Å². The lowest BCUT2D eigenvalue weighted by molar-refractivity contribution is -0.116. The fourth-order valence-corrected chi connectivity index (χ4v) is 8.31. The number of nitrogens with one attached hydrogen (secondary N) is 1. The van der Waals surface area contributed by atoms with E-state index in [0.717, 1.165) is 47.5 Å². The maximum Gasteiger partial charge on any atom is 0.254 e. The van der Waals surface area contributed by atoms with Gasteiger partial charge in [0.1, 0.15) is 22.7 Å². The Kier molecular flexibility index (Phi) is 5.95. The van der Waals surface area contributed by atoms with Gasteiger partial charge >= 0.3 is 0 Å². The van der Waals surface area contributed by atoms with Crippen LogP contribution in [0.4, 0.5) is 5.69 Å². The average Bonchev–Trinajstić information content (AvgIpc) is 3.60. The predicted molar refractivity (Wildman–Crippen MR) is 169 cm³/mol. The summed E-state index contributed by atoms with van der Waals surface area (Å²) >= 11 is 0. The zero-order valence-corrected chi connectivity index (χ0v) is 25.1. The van der Waals surface area contributed by atoms with Gasteiger partial charge in [0, 0.05) is 49.2 Å². The van der Waals surface area contributed by atoms with E-state index in [1.54, 1.807) is 13.3 Å². The molecule has 2 amide bonds. The number of rotatable bonds is 2. The summed E-state index contributed by atoms with van der Waals surface area (Å²) in [5, 5.41) is 4.04. The number of benzene rings is 2. The Morgan fingerprint density at radius 2 is 1.96 bits per heavy atom. The van der Waals surface area contributed by atoms with Crippen molar-refractivity contribution in [1.29, 1.82) is 0 Å². The minimum Gasteiger partial charge on any atom is -0.494 e. The Balaban J connectivity index is 1.18. The zero-order chi connectivity index (χ0) is 30.2. The molecule has 4 atom stereocenters. The zero-order valence-electron chi connectivity index (χ0n) is 25.1. The lowest BCUT2D eigenvalue weighted by atomic mass is 9.53. The van der Waals surface area contributed by atoms with Crippen LogP contribution in [-0.2, 0) is 17.9 Å². The maximum atomic E-state index is 13.9. The molecule has 45 heavy (non-hydrogen) atoms. The number of amides is 2. The third-order valence-corrected chi connectivity index (χ3v) is 10.4. The first kappa shape index (κ1) is 26.5. The number of para-hydroxylation sites is 2. The number of nitrogens with zero attached hydrogens (tertiary/aromatic N) is 5. The largest absolute Gasteiger partial charge is 0.494 e. The van der Waals surface area contributed by atoms with E-state index in [9.17, 15) is 9.59 Å². The minimum absolute atomic E-state index is 0.0545. The van der Waals surface area contributed by atoms with Crippen LogP contribution in [0, 0.1) is 17.8 Å². The molecule has 5 aromatic rings. The number of fused-ring (bicyclic) bond motifs is 8. The van der Waals surface area contributed by atoms with E-state index in [4.69, 9.17) is 19.4 Å². The number of likely N-dealkylation sites (tertiary alicyclic amines) is 1. The molecule has 4 aliphatic rings. The third kappa shape index (κ3) is 4.07. The number of imidazole rings is 1. The highest BCUT2D eigenvalue weighted by atomic mass is 16.5. The Hall–Kier alpha value is -4.86. The van der Waals surface area contributed by atoms with Gasteiger partial charge in [0.25, 0.3) is 5.91 Å². The molecule has 0 spiro atoms. The molecule has 2 aliphatic carbocycles. The molecule has 228 valence electrons. The quantitative estimate of drug-likeness (QED) is 0.292. The van der Waals surface area contributed by atoms with E-state index in [1.807, 2.05) is 42.5 Å². The summed E-state index contributed by atoms with van der Waals surface area (Å²) in [6, 6.07) is 17.7. The second-order valence-corrected chi connectivity index (χ2v) is 12.8. The van der Waals surface area contributed by atoms with Gasteiger partial charge in [0.15, 0.2) is 5.82 Å². The molecule has 5 heterocycles. The van der Waals surface area contributed by atoms with Crippen LogP contribution in [0.1, 0.15) is 36.0 Å². The van der Waals surface area contributed by atoms with Crippen LogP contribution in [0.25, 0.3) is 33.6 Å². The minimum atomic E-state index is -0.133. The van der Waals surface area contributed by atoms with Crippen molar-refractivity contribution in [3.63, 3.8) is 0 Å². The van der Waals surface area contributed by atoms with E-state index in [0.29, 0.717) is 71.7 Å². The van der Waals surface area contributed by atoms with Crippen molar-refractivity contribution in [2.75, 3.05) is 25.6 Å². The van der Waals surface area contributed by atoms with Crippen LogP contribution >= 0.6 is 0 Å². The van der Waals surface area contributed by atoms with Gasteiger partial charge in [-0.1, -0.05) is 12.1 Å². The Morgan fingerprint density at radius 3 is 2.82 bits per heavy atom. The number of aryl methyl sites for hydroxylation is 2. The molecule has 3 aromatic heterocycles. The number of pyridine rings is 1. The van der Waals surface area contributed by atoms with Gasteiger partial charge in [-0.3, -0.25) is 9.59 Å². The molecule has 3 fully saturated rings. The van der Waals surface area contributed by atoms with Crippen molar-refractivity contribution in [3.05, 3.63) is 66.4 Å². The number of methoxy groups -OCH3 is 1. The molecule has 1 saturated heterocycles. The number of aromatic nitrogens is 4. The Bertz CT molecular complexity index is 2010. The van der Waals surface area contributed by atoms with Crippen molar-refractivity contribution in [2.45, 2.75) is 44.8 Å². The van der Waals surface area contributed by atoms with Crippen molar-refractivity contribution >= 4 is 39.6 Å². The van der Waals surface area contributed by atoms with Gasteiger partial charge in [-0.25, -0.2) is 9.97 Å². The van der Waals surface area contributed by atoms with Gasteiger partial charge in [-0.15, -0.1) is 0 Å². The summed E-state index contributed by atoms with van der Waals surface area (Å²) in [6.45, 7) is 2.33. The second-order valence-electron chi connectivity index (χ2n) is 12.8. The monoisotopic (exact) mass is 602 g/mol.